The minimum atomic E-state index is -0.630. The SMILES string of the molecule is CC1(CNC(=O)c2nc3n(c(=O)c2O)CCCC3N2CCOCC2)C=CC(F)=CC1. The summed E-state index contributed by atoms with van der Waals surface area (Å²) in [6.45, 7) is 5.31. The molecule has 2 unspecified atom stereocenters. The number of hydrogen-bond acceptors (Lipinski definition) is 6. The van der Waals surface area contributed by atoms with Gasteiger partial charge in [-0.2, -0.15) is 0 Å². The first-order valence-electron chi connectivity index (χ1n) is 10.4. The molecule has 1 saturated heterocycles. The zero-order valence-electron chi connectivity index (χ0n) is 17.1. The topological polar surface area (TPSA) is 96.7 Å². The number of fused-ring (bicyclic) bond motifs is 1. The molecule has 0 spiro atoms. The van der Waals surface area contributed by atoms with Crippen molar-refractivity contribution in [1.82, 2.24) is 19.8 Å². The summed E-state index contributed by atoms with van der Waals surface area (Å²) in [5.74, 6) is -1.02. The number of carbonyl (C=O) groups excluding carboxylic acids is 1. The molecule has 1 fully saturated rings. The Morgan fingerprint density at radius 1 is 1.40 bits per heavy atom. The van der Waals surface area contributed by atoms with Crippen LogP contribution in [0.4, 0.5) is 4.39 Å². The van der Waals surface area contributed by atoms with Gasteiger partial charge in [-0.05, 0) is 31.4 Å². The van der Waals surface area contributed by atoms with Gasteiger partial charge in [-0.3, -0.25) is 19.1 Å². The second-order valence-corrected chi connectivity index (χ2v) is 8.39. The van der Waals surface area contributed by atoms with Gasteiger partial charge in [0.1, 0.15) is 11.7 Å². The van der Waals surface area contributed by atoms with Crippen LogP contribution in [0.5, 0.6) is 5.75 Å². The zero-order chi connectivity index (χ0) is 21.3. The van der Waals surface area contributed by atoms with E-state index < -0.39 is 22.6 Å². The number of ether oxygens (including phenoxy) is 1. The molecule has 0 saturated carbocycles. The van der Waals surface area contributed by atoms with Crippen LogP contribution in [-0.2, 0) is 11.3 Å². The average Bonchev–Trinajstić information content (AvgIpc) is 2.77. The fourth-order valence-electron chi connectivity index (χ4n) is 4.24. The highest BCUT2D eigenvalue weighted by atomic mass is 19.1. The Bertz CT molecular complexity index is 951. The van der Waals surface area contributed by atoms with Crippen molar-refractivity contribution >= 4 is 5.91 Å². The number of halogens is 1. The molecule has 1 aromatic rings. The van der Waals surface area contributed by atoms with Gasteiger partial charge in [0.05, 0.1) is 19.3 Å². The first-order chi connectivity index (χ1) is 14.4. The van der Waals surface area contributed by atoms with E-state index in [1.807, 2.05) is 6.92 Å². The number of allylic oxidation sites excluding steroid dienone is 3. The van der Waals surface area contributed by atoms with Crippen molar-refractivity contribution in [2.75, 3.05) is 32.8 Å². The van der Waals surface area contributed by atoms with Gasteiger partial charge >= 0.3 is 0 Å². The van der Waals surface area contributed by atoms with E-state index in [1.54, 1.807) is 6.08 Å². The summed E-state index contributed by atoms with van der Waals surface area (Å²) in [6, 6.07) is -0.0885. The summed E-state index contributed by atoms with van der Waals surface area (Å²) in [6.07, 6.45) is 6.64. The van der Waals surface area contributed by atoms with Gasteiger partial charge < -0.3 is 15.2 Å². The van der Waals surface area contributed by atoms with E-state index in [0.717, 1.165) is 25.9 Å². The van der Waals surface area contributed by atoms with E-state index >= 15 is 0 Å². The normalized spacial score (nSPS) is 26.7. The average molecular weight is 418 g/mol. The van der Waals surface area contributed by atoms with Crippen molar-refractivity contribution in [2.45, 2.75) is 38.8 Å². The molecule has 0 radical (unpaired) electrons. The van der Waals surface area contributed by atoms with Crippen molar-refractivity contribution < 1.29 is 19.0 Å². The first kappa shape index (κ1) is 20.7. The highest BCUT2D eigenvalue weighted by molar-refractivity contribution is 5.94. The Morgan fingerprint density at radius 2 is 2.17 bits per heavy atom. The Balaban J connectivity index is 1.58. The van der Waals surface area contributed by atoms with Crippen molar-refractivity contribution in [3.63, 3.8) is 0 Å². The molecule has 4 rings (SSSR count). The van der Waals surface area contributed by atoms with Gasteiger partial charge in [0.2, 0.25) is 5.75 Å². The quantitative estimate of drug-likeness (QED) is 0.772. The number of nitrogens with zero attached hydrogens (tertiary/aromatic N) is 3. The summed E-state index contributed by atoms with van der Waals surface area (Å²) < 4.78 is 20.1. The van der Waals surface area contributed by atoms with E-state index in [-0.39, 0.29) is 24.1 Å². The van der Waals surface area contributed by atoms with E-state index in [2.05, 4.69) is 15.2 Å². The van der Waals surface area contributed by atoms with Crippen LogP contribution in [0, 0.1) is 5.41 Å². The first-order valence-corrected chi connectivity index (χ1v) is 10.4. The second-order valence-electron chi connectivity index (χ2n) is 8.39. The van der Waals surface area contributed by atoms with Crippen LogP contribution in [-0.4, -0.2) is 58.3 Å². The van der Waals surface area contributed by atoms with Gasteiger partial charge in [0.15, 0.2) is 5.69 Å². The van der Waals surface area contributed by atoms with Crippen molar-refractivity contribution in [3.8, 4) is 5.75 Å². The van der Waals surface area contributed by atoms with Gasteiger partial charge in [-0.15, -0.1) is 0 Å². The Morgan fingerprint density at radius 3 is 2.87 bits per heavy atom. The maximum absolute atomic E-state index is 13.2. The van der Waals surface area contributed by atoms with Crippen LogP contribution >= 0.6 is 0 Å². The molecule has 2 aliphatic heterocycles. The molecule has 0 aromatic carbocycles. The molecule has 3 aliphatic rings. The molecule has 1 amide bonds. The number of amides is 1. The highest BCUT2D eigenvalue weighted by Gasteiger charge is 2.33. The molecule has 1 aromatic heterocycles. The largest absolute Gasteiger partial charge is 0.501 e. The summed E-state index contributed by atoms with van der Waals surface area (Å²) in [4.78, 5) is 32.2. The van der Waals surface area contributed by atoms with Gasteiger partial charge in [-0.25, -0.2) is 9.37 Å². The number of carbonyl (C=O) groups is 1. The van der Waals surface area contributed by atoms with Crippen LogP contribution in [0.3, 0.4) is 0 Å². The minimum Gasteiger partial charge on any atom is -0.501 e. The molecule has 162 valence electrons. The fourth-order valence-corrected chi connectivity index (χ4v) is 4.24. The van der Waals surface area contributed by atoms with Crippen LogP contribution in [0.2, 0.25) is 0 Å². The summed E-state index contributed by atoms with van der Waals surface area (Å²) in [7, 11) is 0. The van der Waals surface area contributed by atoms with Gasteiger partial charge in [0, 0.05) is 31.6 Å². The van der Waals surface area contributed by atoms with Crippen LogP contribution < -0.4 is 10.9 Å². The third kappa shape index (κ3) is 4.04. The van der Waals surface area contributed by atoms with Gasteiger partial charge in [-0.1, -0.05) is 13.0 Å². The Kier molecular flexibility index (Phi) is 5.75. The maximum Gasteiger partial charge on any atom is 0.296 e. The third-order valence-electron chi connectivity index (χ3n) is 6.09. The molecule has 1 aliphatic carbocycles. The lowest BCUT2D eigenvalue weighted by Crippen LogP contribution is -2.44. The summed E-state index contributed by atoms with van der Waals surface area (Å²) >= 11 is 0. The van der Waals surface area contributed by atoms with Gasteiger partial charge in [0.25, 0.3) is 11.5 Å². The van der Waals surface area contributed by atoms with Crippen LogP contribution in [0.25, 0.3) is 0 Å². The van der Waals surface area contributed by atoms with E-state index in [4.69, 9.17) is 4.74 Å². The standard InChI is InChI=1S/C21H27FN4O4/c1-21(6-4-14(22)5-7-21)13-23-19(28)16-17(27)20(29)26-8-2-3-15(18(26)24-16)25-9-11-30-12-10-25/h4-6,15,27H,2-3,7-13H2,1H3,(H,23,28). The van der Waals surface area contributed by atoms with Crippen molar-refractivity contribution in [1.29, 1.82) is 0 Å². The van der Waals surface area contributed by atoms with Crippen LogP contribution in [0.15, 0.2) is 28.8 Å². The smallest absolute Gasteiger partial charge is 0.296 e. The molecular weight excluding hydrogens is 391 g/mol. The molecular formula is C21H27FN4O4. The summed E-state index contributed by atoms with van der Waals surface area (Å²) in [5, 5.41) is 13.1. The van der Waals surface area contributed by atoms with Crippen LogP contribution in [0.1, 0.15) is 48.5 Å². The second kappa shape index (κ2) is 8.31. The van der Waals surface area contributed by atoms with E-state index in [0.29, 0.717) is 32.0 Å². The number of rotatable bonds is 4. The zero-order valence-corrected chi connectivity index (χ0v) is 17.1. The predicted molar refractivity (Wildman–Crippen MR) is 108 cm³/mol. The lowest BCUT2D eigenvalue weighted by atomic mass is 9.83. The molecule has 30 heavy (non-hydrogen) atoms. The lowest BCUT2D eigenvalue weighted by molar-refractivity contribution is 0.00752. The van der Waals surface area contributed by atoms with E-state index in [9.17, 15) is 19.1 Å². The molecule has 2 atom stereocenters. The third-order valence-corrected chi connectivity index (χ3v) is 6.09. The number of aromatic hydroxyl groups is 1. The number of aromatic nitrogens is 2. The lowest BCUT2D eigenvalue weighted by Gasteiger charge is -2.37. The molecule has 8 nitrogen and oxygen atoms in total. The van der Waals surface area contributed by atoms with E-state index in [1.165, 1.54) is 16.7 Å². The highest BCUT2D eigenvalue weighted by Crippen LogP contribution is 2.31. The molecule has 9 heteroatoms. The summed E-state index contributed by atoms with van der Waals surface area (Å²) in [5.41, 5.74) is -1.28. The Hall–Kier alpha value is -2.52. The predicted octanol–water partition coefficient (Wildman–Crippen LogP) is 1.67. The number of nitrogens with one attached hydrogen (secondary N) is 1. The van der Waals surface area contributed by atoms with Crippen molar-refractivity contribution in [3.05, 3.63) is 45.9 Å². The Labute approximate surface area is 174 Å². The minimum absolute atomic E-state index is 0.0885. The maximum atomic E-state index is 13.2. The monoisotopic (exact) mass is 418 g/mol. The number of hydrogen-bond donors (Lipinski definition) is 2. The fraction of sp³-hybridized carbons (Fsp3) is 0.571. The molecule has 0 bridgehead atoms. The molecule has 2 N–H and O–H groups in total. The number of morpholine rings is 1. The van der Waals surface area contributed by atoms with Crippen molar-refractivity contribution in [2.24, 2.45) is 5.41 Å². The molecule has 3 heterocycles.